The summed E-state index contributed by atoms with van der Waals surface area (Å²) in [5.41, 5.74) is 0.517. The van der Waals surface area contributed by atoms with Crippen molar-refractivity contribution in [3.8, 4) is 0 Å². The van der Waals surface area contributed by atoms with Crippen molar-refractivity contribution in [3.05, 3.63) is 33.6 Å². The lowest BCUT2D eigenvalue weighted by Crippen LogP contribution is -2.43. The van der Waals surface area contributed by atoms with Crippen LogP contribution in [0.4, 0.5) is 0 Å². The first-order valence-corrected chi connectivity index (χ1v) is 10.9. The normalized spacial score (nSPS) is 17.7. The molecule has 2 heterocycles. The third-order valence-electron chi connectivity index (χ3n) is 4.88. The zero-order valence-corrected chi connectivity index (χ0v) is 17.6. The molecule has 3 rings (SSSR count). The van der Waals surface area contributed by atoms with Gasteiger partial charge in [-0.3, -0.25) is 14.2 Å². The summed E-state index contributed by atoms with van der Waals surface area (Å²) in [5, 5.41) is 1.64. The zero-order valence-electron chi connectivity index (χ0n) is 16.1. The van der Waals surface area contributed by atoms with Gasteiger partial charge in [-0.25, -0.2) is 4.98 Å². The number of carbonyl (C=O) groups excluding carboxylic acids is 1. The number of piperidine rings is 1. The van der Waals surface area contributed by atoms with Crippen LogP contribution in [-0.2, 0) is 11.3 Å². The minimum Gasteiger partial charge on any atom is -0.339 e. The molecule has 1 fully saturated rings. The molecular formula is C20H26ClN3O2S. The number of carbonyl (C=O) groups is 1. The molecular weight excluding hydrogens is 382 g/mol. The predicted molar refractivity (Wildman–Crippen MR) is 112 cm³/mol. The standard InChI is InChI=1S/C20H26ClN3O2S/c1-13(2)11-24-19(26)16-10-15(21)7-8-17(16)22-20(24)27-12-18(25)23-9-5-4-6-14(23)3/h7-8,10,13-14H,4-6,9,11-12H2,1-3H3. The highest BCUT2D eigenvalue weighted by Gasteiger charge is 2.24. The molecule has 7 heteroatoms. The number of amides is 1. The summed E-state index contributed by atoms with van der Waals surface area (Å²) >= 11 is 7.41. The maximum Gasteiger partial charge on any atom is 0.262 e. The van der Waals surface area contributed by atoms with Crippen LogP contribution in [0.15, 0.2) is 28.2 Å². The van der Waals surface area contributed by atoms with Gasteiger partial charge in [-0.1, -0.05) is 37.2 Å². The van der Waals surface area contributed by atoms with Gasteiger partial charge in [0.2, 0.25) is 5.91 Å². The Balaban J connectivity index is 1.89. The lowest BCUT2D eigenvalue weighted by Gasteiger charge is -2.33. The molecule has 1 aromatic heterocycles. The van der Waals surface area contributed by atoms with E-state index in [1.165, 1.54) is 18.2 Å². The molecule has 27 heavy (non-hydrogen) atoms. The van der Waals surface area contributed by atoms with Crippen molar-refractivity contribution in [2.24, 2.45) is 5.92 Å². The van der Waals surface area contributed by atoms with Crippen LogP contribution in [0.3, 0.4) is 0 Å². The van der Waals surface area contributed by atoms with Crippen molar-refractivity contribution in [1.82, 2.24) is 14.5 Å². The summed E-state index contributed by atoms with van der Waals surface area (Å²) < 4.78 is 1.68. The minimum atomic E-state index is -0.0995. The molecule has 2 aromatic rings. The average Bonchev–Trinajstić information content (AvgIpc) is 2.63. The van der Waals surface area contributed by atoms with E-state index in [2.05, 4.69) is 25.8 Å². The van der Waals surface area contributed by atoms with E-state index in [9.17, 15) is 9.59 Å². The lowest BCUT2D eigenvalue weighted by atomic mass is 10.0. The van der Waals surface area contributed by atoms with Crippen LogP contribution >= 0.6 is 23.4 Å². The molecule has 0 N–H and O–H groups in total. The Morgan fingerprint density at radius 2 is 2.15 bits per heavy atom. The van der Waals surface area contributed by atoms with Crippen LogP contribution in [0, 0.1) is 5.92 Å². The van der Waals surface area contributed by atoms with Crippen LogP contribution < -0.4 is 5.56 Å². The van der Waals surface area contributed by atoms with E-state index in [4.69, 9.17) is 11.6 Å². The molecule has 1 atom stereocenters. The fraction of sp³-hybridized carbons (Fsp3) is 0.550. The maximum absolute atomic E-state index is 13.0. The third kappa shape index (κ3) is 4.66. The summed E-state index contributed by atoms with van der Waals surface area (Å²) in [6, 6.07) is 5.45. The van der Waals surface area contributed by atoms with Gasteiger partial charge in [0.15, 0.2) is 5.16 Å². The number of nitrogens with zero attached hydrogens (tertiary/aromatic N) is 3. The molecule has 1 aliphatic rings. The first-order valence-electron chi connectivity index (χ1n) is 9.49. The average molecular weight is 408 g/mol. The highest BCUT2D eigenvalue weighted by Crippen LogP contribution is 2.23. The third-order valence-corrected chi connectivity index (χ3v) is 6.07. The van der Waals surface area contributed by atoms with E-state index >= 15 is 0 Å². The molecule has 1 unspecified atom stereocenters. The number of benzene rings is 1. The second-order valence-electron chi connectivity index (χ2n) is 7.59. The minimum absolute atomic E-state index is 0.0995. The van der Waals surface area contributed by atoms with Gasteiger partial charge in [-0.05, 0) is 50.3 Å². The van der Waals surface area contributed by atoms with Crippen LogP contribution in [0.25, 0.3) is 10.9 Å². The van der Waals surface area contributed by atoms with Gasteiger partial charge in [0.1, 0.15) is 0 Å². The van der Waals surface area contributed by atoms with Gasteiger partial charge in [0, 0.05) is 24.2 Å². The van der Waals surface area contributed by atoms with Crippen molar-refractivity contribution in [2.75, 3.05) is 12.3 Å². The van der Waals surface area contributed by atoms with Crippen molar-refractivity contribution >= 4 is 40.2 Å². The summed E-state index contributed by atoms with van der Waals surface area (Å²) in [5.74, 6) is 0.709. The van der Waals surface area contributed by atoms with Gasteiger partial charge in [-0.2, -0.15) is 0 Å². The van der Waals surface area contributed by atoms with E-state index in [0.29, 0.717) is 39.3 Å². The SMILES string of the molecule is CC(C)Cn1c(SCC(=O)N2CCCCC2C)nc2ccc(Cl)cc2c1=O. The molecule has 1 saturated heterocycles. The van der Waals surface area contributed by atoms with Crippen LogP contribution in [-0.4, -0.2) is 38.7 Å². The summed E-state index contributed by atoms with van der Waals surface area (Å²) in [6.07, 6.45) is 3.30. The highest BCUT2D eigenvalue weighted by atomic mass is 35.5. The van der Waals surface area contributed by atoms with Crippen molar-refractivity contribution in [2.45, 2.75) is 57.8 Å². The fourth-order valence-electron chi connectivity index (χ4n) is 3.49. The quantitative estimate of drug-likeness (QED) is 0.550. The Morgan fingerprint density at radius 1 is 1.37 bits per heavy atom. The molecule has 5 nitrogen and oxygen atoms in total. The molecule has 0 bridgehead atoms. The van der Waals surface area contributed by atoms with Crippen LogP contribution in [0.2, 0.25) is 5.02 Å². The molecule has 0 aliphatic carbocycles. The smallest absolute Gasteiger partial charge is 0.262 e. The van der Waals surface area contributed by atoms with Crippen molar-refractivity contribution in [3.63, 3.8) is 0 Å². The number of hydrogen-bond acceptors (Lipinski definition) is 4. The molecule has 146 valence electrons. The number of likely N-dealkylation sites (tertiary alicyclic amines) is 1. The van der Waals surface area contributed by atoms with Gasteiger partial charge in [-0.15, -0.1) is 0 Å². The van der Waals surface area contributed by atoms with Gasteiger partial charge >= 0.3 is 0 Å². The topological polar surface area (TPSA) is 55.2 Å². The first kappa shape index (κ1) is 20.2. The molecule has 0 spiro atoms. The second-order valence-corrected chi connectivity index (χ2v) is 8.96. The van der Waals surface area contributed by atoms with E-state index in [-0.39, 0.29) is 17.5 Å². The highest BCUT2D eigenvalue weighted by molar-refractivity contribution is 7.99. The summed E-state index contributed by atoms with van der Waals surface area (Å²) in [7, 11) is 0. The number of thioether (sulfide) groups is 1. The predicted octanol–water partition coefficient (Wildman–Crippen LogP) is 4.20. The second kappa shape index (κ2) is 8.65. The Morgan fingerprint density at radius 3 is 2.85 bits per heavy atom. The van der Waals surface area contributed by atoms with E-state index in [1.54, 1.807) is 22.8 Å². The number of rotatable bonds is 5. The molecule has 0 radical (unpaired) electrons. The van der Waals surface area contributed by atoms with Crippen LogP contribution in [0.1, 0.15) is 40.0 Å². The number of aromatic nitrogens is 2. The number of hydrogen-bond donors (Lipinski definition) is 0. The monoisotopic (exact) mass is 407 g/mol. The Bertz CT molecular complexity index is 897. The van der Waals surface area contributed by atoms with E-state index in [0.717, 1.165) is 19.4 Å². The Labute approximate surface area is 169 Å². The van der Waals surface area contributed by atoms with Gasteiger partial charge in [0.05, 0.1) is 16.7 Å². The summed E-state index contributed by atoms with van der Waals surface area (Å²) in [4.78, 5) is 32.3. The first-order chi connectivity index (χ1) is 12.9. The molecule has 1 aromatic carbocycles. The Hall–Kier alpha value is -1.53. The largest absolute Gasteiger partial charge is 0.339 e. The van der Waals surface area contributed by atoms with Gasteiger partial charge in [0.25, 0.3) is 5.56 Å². The molecule has 1 amide bonds. The molecule has 1 aliphatic heterocycles. The molecule has 0 saturated carbocycles. The van der Waals surface area contributed by atoms with Crippen LogP contribution in [0.5, 0.6) is 0 Å². The van der Waals surface area contributed by atoms with Crippen molar-refractivity contribution in [1.29, 1.82) is 0 Å². The summed E-state index contributed by atoms with van der Waals surface area (Å²) in [6.45, 7) is 7.61. The number of fused-ring (bicyclic) bond motifs is 1. The fourth-order valence-corrected chi connectivity index (χ4v) is 4.55. The van der Waals surface area contributed by atoms with E-state index in [1.807, 2.05) is 4.90 Å². The zero-order chi connectivity index (χ0) is 19.6. The lowest BCUT2D eigenvalue weighted by molar-refractivity contribution is -0.131. The van der Waals surface area contributed by atoms with E-state index < -0.39 is 0 Å². The van der Waals surface area contributed by atoms with Crippen molar-refractivity contribution < 1.29 is 4.79 Å². The Kier molecular flexibility index (Phi) is 6.48. The van der Waals surface area contributed by atoms with Gasteiger partial charge < -0.3 is 4.90 Å². The maximum atomic E-state index is 13.0. The number of halogens is 1.